The summed E-state index contributed by atoms with van der Waals surface area (Å²) in [5.41, 5.74) is 0.658. The van der Waals surface area contributed by atoms with Gasteiger partial charge in [-0.05, 0) is 17.7 Å². The molecule has 1 aromatic carbocycles. The summed E-state index contributed by atoms with van der Waals surface area (Å²) in [4.78, 5) is 23.5. The molecule has 8 heteroatoms. The summed E-state index contributed by atoms with van der Waals surface area (Å²) in [6.45, 7) is 3.67. The Morgan fingerprint density at radius 2 is 1.95 bits per heavy atom. The molecule has 0 spiro atoms. The van der Waals surface area contributed by atoms with Crippen molar-refractivity contribution in [2.45, 2.75) is 6.04 Å². The Bertz CT molecular complexity index is 610. The van der Waals surface area contributed by atoms with Crippen LogP contribution in [-0.4, -0.2) is 24.2 Å². The first kappa shape index (κ1) is 15.5. The topological polar surface area (TPSA) is 87.7 Å². The Hall–Kier alpha value is -1.92. The third-order valence-corrected chi connectivity index (χ3v) is 3.70. The van der Waals surface area contributed by atoms with Crippen LogP contribution in [0.15, 0.2) is 24.4 Å². The average molecular weight is 331 g/mol. The molecule has 21 heavy (non-hydrogen) atoms. The van der Waals surface area contributed by atoms with Gasteiger partial charge in [0, 0.05) is 5.70 Å². The molecule has 0 aromatic heterocycles. The molecule has 0 aliphatic carbocycles. The number of amides is 2. The number of carbonyl (C=O) groups is 2. The minimum Gasteiger partial charge on any atom is -0.505 e. The number of esters is 1. The second kappa shape index (κ2) is 5.83. The zero-order valence-corrected chi connectivity index (χ0v) is 12.5. The van der Waals surface area contributed by atoms with Crippen molar-refractivity contribution >= 4 is 35.2 Å². The van der Waals surface area contributed by atoms with Gasteiger partial charge in [0.05, 0.1) is 23.2 Å². The molecule has 1 aliphatic rings. The van der Waals surface area contributed by atoms with Crippen LogP contribution in [0.1, 0.15) is 11.6 Å². The predicted molar refractivity (Wildman–Crippen MR) is 77.2 cm³/mol. The maximum absolute atomic E-state index is 11.9. The standard InChI is InChI=1S/C13H12Cl2N2O4/c1-5-9(12(19)21-2)10(17-13(20)16-5)6-3-7(14)11(18)8(15)4-6/h3-4,9-10,18H,1H2,2H3,(H2,16,17,20)/t9-,10+/m0/s1. The van der Waals surface area contributed by atoms with E-state index in [9.17, 15) is 14.7 Å². The molecular weight excluding hydrogens is 319 g/mol. The van der Waals surface area contributed by atoms with E-state index in [2.05, 4.69) is 17.2 Å². The quantitative estimate of drug-likeness (QED) is 0.726. The normalized spacial score (nSPS) is 21.5. The SMILES string of the molecule is C=C1NC(=O)N[C@H](c2cc(Cl)c(O)c(Cl)c2)[C@H]1C(=O)OC. The molecule has 2 atom stereocenters. The first-order valence-corrected chi connectivity index (χ1v) is 6.62. The molecular formula is C13H12Cl2N2O4. The molecule has 1 aliphatic heterocycles. The van der Waals surface area contributed by atoms with Crippen molar-refractivity contribution in [2.24, 2.45) is 5.92 Å². The van der Waals surface area contributed by atoms with Crippen molar-refractivity contribution in [3.8, 4) is 5.75 Å². The summed E-state index contributed by atoms with van der Waals surface area (Å²) in [6.07, 6.45) is 0. The second-order valence-corrected chi connectivity index (χ2v) is 5.25. The molecule has 1 fully saturated rings. The number of carbonyl (C=O) groups excluding carboxylic acids is 2. The number of ether oxygens (including phenoxy) is 1. The van der Waals surface area contributed by atoms with Gasteiger partial charge in [-0.1, -0.05) is 29.8 Å². The van der Waals surface area contributed by atoms with E-state index in [1.54, 1.807) is 0 Å². The highest BCUT2D eigenvalue weighted by molar-refractivity contribution is 6.37. The van der Waals surface area contributed by atoms with Crippen LogP contribution >= 0.6 is 23.2 Å². The van der Waals surface area contributed by atoms with Gasteiger partial charge >= 0.3 is 12.0 Å². The van der Waals surface area contributed by atoms with E-state index in [1.165, 1.54) is 19.2 Å². The number of methoxy groups -OCH3 is 1. The Labute approximate surface area is 130 Å². The Kier molecular flexibility index (Phi) is 4.29. The number of urea groups is 1. The van der Waals surface area contributed by atoms with Crippen molar-refractivity contribution < 1.29 is 19.4 Å². The van der Waals surface area contributed by atoms with E-state index < -0.39 is 24.0 Å². The first-order chi connectivity index (χ1) is 9.85. The molecule has 3 N–H and O–H groups in total. The fourth-order valence-corrected chi connectivity index (χ4v) is 2.64. The van der Waals surface area contributed by atoms with Gasteiger partial charge in [-0.2, -0.15) is 0 Å². The Morgan fingerprint density at radius 1 is 1.38 bits per heavy atom. The maximum atomic E-state index is 11.9. The zero-order chi connectivity index (χ0) is 15.7. The van der Waals surface area contributed by atoms with Crippen LogP contribution in [0.2, 0.25) is 10.0 Å². The first-order valence-electron chi connectivity index (χ1n) is 5.87. The van der Waals surface area contributed by atoms with E-state index >= 15 is 0 Å². The van der Waals surface area contributed by atoms with Gasteiger partial charge < -0.3 is 20.5 Å². The van der Waals surface area contributed by atoms with Crippen molar-refractivity contribution in [1.82, 2.24) is 10.6 Å². The number of hydrogen-bond acceptors (Lipinski definition) is 4. The number of phenolic OH excluding ortho intramolecular Hbond substituents is 1. The summed E-state index contributed by atoms with van der Waals surface area (Å²) in [7, 11) is 1.24. The van der Waals surface area contributed by atoms with E-state index in [0.29, 0.717) is 5.56 Å². The second-order valence-electron chi connectivity index (χ2n) is 4.44. The van der Waals surface area contributed by atoms with Crippen LogP contribution in [0.4, 0.5) is 4.79 Å². The molecule has 0 saturated carbocycles. The fourth-order valence-electron chi connectivity index (χ4n) is 2.13. The average Bonchev–Trinajstić information content (AvgIpc) is 2.42. The molecule has 0 unspecified atom stereocenters. The van der Waals surface area contributed by atoms with E-state index in [-0.39, 0.29) is 21.5 Å². The van der Waals surface area contributed by atoms with Gasteiger partial charge in [0.2, 0.25) is 0 Å². The molecule has 1 aromatic rings. The molecule has 112 valence electrons. The molecule has 1 heterocycles. The largest absolute Gasteiger partial charge is 0.505 e. The lowest BCUT2D eigenvalue weighted by molar-refractivity contribution is -0.145. The third kappa shape index (κ3) is 2.91. The van der Waals surface area contributed by atoms with Crippen molar-refractivity contribution in [1.29, 1.82) is 0 Å². The van der Waals surface area contributed by atoms with E-state index in [1.807, 2.05) is 0 Å². The van der Waals surface area contributed by atoms with Crippen molar-refractivity contribution in [3.05, 3.63) is 40.0 Å². The molecule has 0 bridgehead atoms. The van der Waals surface area contributed by atoms with Crippen LogP contribution in [0.5, 0.6) is 5.75 Å². The Balaban J connectivity index is 2.49. The van der Waals surface area contributed by atoms with Gasteiger partial charge in [-0.3, -0.25) is 4.79 Å². The molecule has 6 nitrogen and oxygen atoms in total. The monoisotopic (exact) mass is 330 g/mol. The van der Waals surface area contributed by atoms with Gasteiger partial charge in [-0.25, -0.2) is 4.79 Å². The highest BCUT2D eigenvalue weighted by Crippen LogP contribution is 2.38. The van der Waals surface area contributed by atoms with Gasteiger partial charge in [0.15, 0.2) is 5.75 Å². The van der Waals surface area contributed by atoms with Gasteiger partial charge in [0.1, 0.15) is 5.92 Å². The van der Waals surface area contributed by atoms with E-state index in [0.717, 1.165) is 0 Å². The number of rotatable bonds is 2. The maximum Gasteiger partial charge on any atom is 0.319 e. The smallest absolute Gasteiger partial charge is 0.319 e. The summed E-state index contributed by atoms with van der Waals surface area (Å²) < 4.78 is 4.72. The Morgan fingerprint density at radius 3 is 2.48 bits per heavy atom. The van der Waals surface area contributed by atoms with Crippen LogP contribution in [-0.2, 0) is 9.53 Å². The minimum atomic E-state index is -0.843. The molecule has 0 radical (unpaired) electrons. The van der Waals surface area contributed by atoms with Crippen LogP contribution in [0, 0.1) is 5.92 Å². The molecule has 1 saturated heterocycles. The minimum absolute atomic E-state index is 0.0134. The van der Waals surface area contributed by atoms with Gasteiger partial charge in [-0.15, -0.1) is 0 Å². The summed E-state index contributed by atoms with van der Waals surface area (Å²) >= 11 is 11.7. The number of nitrogens with one attached hydrogen (secondary N) is 2. The lowest BCUT2D eigenvalue weighted by Gasteiger charge is -2.33. The summed E-state index contributed by atoms with van der Waals surface area (Å²) in [5.74, 6) is -1.68. The van der Waals surface area contributed by atoms with Gasteiger partial charge in [0.25, 0.3) is 0 Å². The van der Waals surface area contributed by atoms with Crippen LogP contribution in [0.3, 0.4) is 0 Å². The number of aromatic hydroxyl groups is 1. The molecule has 2 amide bonds. The third-order valence-electron chi connectivity index (χ3n) is 3.12. The number of hydrogen-bond donors (Lipinski definition) is 3. The van der Waals surface area contributed by atoms with E-state index in [4.69, 9.17) is 27.9 Å². The lowest BCUT2D eigenvalue weighted by atomic mass is 9.89. The predicted octanol–water partition coefficient (Wildman–Crippen LogP) is 2.36. The van der Waals surface area contributed by atoms with Crippen molar-refractivity contribution in [2.75, 3.05) is 7.11 Å². The molecule has 2 rings (SSSR count). The number of benzene rings is 1. The van der Waals surface area contributed by atoms with Crippen LogP contribution < -0.4 is 10.6 Å². The number of phenols is 1. The summed E-state index contributed by atoms with van der Waals surface area (Å²) in [6, 6.07) is 1.57. The lowest BCUT2D eigenvalue weighted by Crippen LogP contribution is -2.51. The summed E-state index contributed by atoms with van der Waals surface area (Å²) in [5, 5.41) is 14.6. The fraction of sp³-hybridized carbons (Fsp3) is 0.231. The number of halogens is 2. The van der Waals surface area contributed by atoms with Crippen LogP contribution in [0.25, 0.3) is 0 Å². The highest BCUT2D eigenvalue weighted by Gasteiger charge is 2.39. The van der Waals surface area contributed by atoms with Crippen molar-refractivity contribution in [3.63, 3.8) is 0 Å². The highest BCUT2D eigenvalue weighted by atomic mass is 35.5. The zero-order valence-electron chi connectivity index (χ0n) is 10.9.